The van der Waals surface area contributed by atoms with E-state index in [-0.39, 0.29) is 5.92 Å². The maximum absolute atomic E-state index is 13.8. The minimum absolute atomic E-state index is 0.244. The number of halogens is 2. The van der Waals surface area contributed by atoms with Crippen molar-refractivity contribution in [1.82, 2.24) is 4.98 Å². The molecule has 1 nitrogen and oxygen atoms in total. The van der Waals surface area contributed by atoms with Gasteiger partial charge in [0.25, 0.3) is 0 Å². The van der Waals surface area contributed by atoms with Gasteiger partial charge in [-0.15, -0.1) is 0 Å². The second kappa shape index (κ2) is 4.71. The third kappa shape index (κ3) is 2.26. The van der Waals surface area contributed by atoms with Crippen LogP contribution in [0.15, 0.2) is 12.1 Å². The maximum atomic E-state index is 13.8. The molecule has 0 aliphatic rings. The maximum Gasteiger partial charge on any atom is 0.150 e. The first-order chi connectivity index (χ1) is 8.40. The molecule has 2 rings (SSSR count). The van der Waals surface area contributed by atoms with Gasteiger partial charge in [0, 0.05) is 17.1 Å². The molecule has 0 aliphatic heterocycles. The zero-order valence-corrected chi connectivity index (χ0v) is 11.3. The third-order valence-electron chi connectivity index (χ3n) is 3.14. The monoisotopic (exact) mass is 251 g/mol. The van der Waals surface area contributed by atoms with Gasteiger partial charge in [0.15, 0.2) is 0 Å². The standard InChI is InChI=1S/C15H19F2N/c1-8(2)5-13-14(9(3)4)11-6-10(16)7-12(17)15(11)18-13/h6-9,18H,5H2,1-4H3. The lowest BCUT2D eigenvalue weighted by Crippen LogP contribution is -1.99. The topological polar surface area (TPSA) is 15.8 Å². The molecule has 0 aliphatic carbocycles. The summed E-state index contributed by atoms with van der Waals surface area (Å²) in [5.41, 5.74) is 2.49. The SMILES string of the molecule is CC(C)Cc1[nH]c2c(F)cc(F)cc2c1C(C)C. The Kier molecular flexibility index (Phi) is 3.42. The summed E-state index contributed by atoms with van der Waals surface area (Å²) in [6, 6.07) is 2.36. The average Bonchev–Trinajstić information content (AvgIpc) is 2.54. The van der Waals surface area contributed by atoms with E-state index in [1.165, 1.54) is 6.07 Å². The number of aromatic amines is 1. The quantitative estimate of drug-likeness (QED) is 0.809. The zero-order valence-electron chi connectivity index (χ0n) is 11.3. The van der Waals surface area contributed by atoms with E-state index in [1.54, 1.807) is 0 Å². The Bertz CT molecular complexity index is 567. The number of hydrogen-bond acceptors (Lipinski definition) is 0. The lowest BCUT2D eigenvalue weighted by Gasteiger charge is -2.10. The summed E-state index contributed by atoms with van der Waals surface area (Å²) in [5.74, 6) is -0.309. The van der Waals surface area contributed by atoms with E-state index in [4.69, 9.17) is 0 Å². The number of aromatic nitrogens is 1. The largest absolute Gasteiger partial charge is 0.356 e. The van der Waals surface area contributed by atoms with Crippen LogP contribution in [0.3, 0.4) is 0 Å². The summed E-state index contributed by atoms with van der Waals surface area (Å²) in [4.78, 5) is 3.13. The number of nitrogens with one attached hydrogen (secondary N) is 1. The second-order valence-corrected chi connectivity index (χ2v) is 5.58. The van der Waals surface area contributed by atoms with Gasteiger partial charge in [0.2, 0.25) is 0 Å². The Hall–Kier alpha value is -1.38. The van der Waals surface area contributed by atoms with Crippen molar-refractivity contribution in [2.75, 3.05) is 0 Å². The molecule has 98 valence electrons. The Morgan fingerprint density at radius 2 is 1.78 bits per heavy atom. The van der Waals surface area contributed by atoms with Gasteiger partial charge in [-0.05, 0) is 29.9 Å². The Labute approximate surface area is 106 Å². The summed E-state index contributed by atoms with van der Waals surface area (Å²) < 4.78 is 27.1. The van der Waals surface area contributed by atoms with Gasteiger partial charge in [-0.2, -0.15) is 0 Å². The van der Waals surface area contributed by atoms with Crippen LogP contribution >= 0.6 is 0 Å². The molecule has 0 atom stereocenters. The van der Waals surface area contributed by atoms with Crippen LogP contribution in [-0.4, -0.2) is 4.98 Å². The molecule has 0 saturated carbocycles. The molecule has 0 radical (unpaired) electrons. The molecular formula is C15H19F2N. The van der Waals surface area contributed by atoms with Gasteiger partial charge in [-0.1, -0.05) is 27.7 Å². The van der Waals surface area contributed by atoms with Crippen molar-refractivity contribution in [2.45, 2.75) is 40.0 Å². The van der Waals surface area contributed by atoms with Crippen LogP contribution < -0.4 is 0 Å². The van der Waals surface area contributed by atoms with Crippen LogP contribution in [0.1, 0.15) is 44.9 Å². The molecule has 0 bridgehead atoms. The lowest BCUT2D eigenvalue weighted by atomic mass is 9.95. The van der Waals surface area contributed by atoms with Crippen molar-refractivity contribution >= 4 is 10.9 Å². The highest BCUT2D eigenvalue weighted by Crippen LogP contribution is 2.32. The number of hydrogen-bond donors (Lipinski definition) is 1. The van der Waals surface area contributed by atoms with Crippen molar-refractivity contribution in [3.8, 4) is 0 Å². The van der Waals surface area contributed by atoms with E-state index in [1.807, 2.05) is 0 Å². The van der Waals surface area contributed by atoms with Crippen LogP contribution in [0, 0.1) is 17.6 Å². The van der Waals surface area contributed by atoms with Gasteiger partial charge >= 0.3 is 0 Å². The number of rotatable bonds is 3. The van der Waals surface area contributed by atoms with Gasteiger partial charge in [-0.3, -0.25) is 0 Å². The molecule has 0 unspecified atom stereocenters. The predicted molar refractivity (Wildman–Crippen MR) is 70.8 cm³/mol. The highest BCUT2D eigenvalue weighted by atomic mass is 19.1. The molecule has 2 aromatic rings. The predicted octanol–water partition coefficient (Wildman–Crippen LogP) is 4.77. The molecule has 0 saturated heterocycles. The smallest absolute Gasteiger partial charge is 0.150 e. The normalized spacial score (nSPS) is 12.0. The van der Waals surface area contributed by atoms with Crippen LogP contribution in [0.2, 0.25) is 0 Å². The zero-order chi connectivity index (χ0) is 13.4. The number of benzene rings is 1. The van der Waals surface area contributed by atoms with E-state index in [2.05, 4.69) is 32.7 Å². The first-order valence-corrected chi connectivity index (χ1v) is 6.39. The Balaban J connectivity index is 2.71. The summed E-state index contributed by atoms with van der Waals surface area (Å²) >= 11 is 0. The first-order valence-electron chi connectivity index (χ1n) is 6.39. The van der Waals surface area contributed by atoms with E-state index >= 15 is 0 Å². The molecule has 1 aromatic heterocycles. The van der Waals surface area contributed by atoms with Crippen molar-refractivity contribution in [3.63, 3.8) is 0 Å². The molecule has 1 N–H and O–H groups in total. The molecule has 1 heterocycles. The van der Waals surface area contributed by atoms with Gasteiger partial charge in [-0.25, -0.2) is 8.78 Å². The fourth-order valence-corrected chi connectivity index (χ4v) is 2.52. The summed E-state index contributed by atoms with van der Waals surface area (Å²) in [6.07, 6.45) is 0.850. The van der Waals surface area contributed by atoms with Crippen molar-refractivity contribution in [2.24, 2.45) is 5.92 Å². The molecule has 0 amide bonds. The first kappa shape index (κ1) is 13.1. The number of H-pyrrole nitrogens is 1. The molecular weight excluding hydrogens is 232 g/mol. The van der Waals surface area contributed by atoms with Crippen molar-refractivity contribution in [1.29, 1.82) is 0 Å². The van der Waals surface area contributed by atoms with Crippen LogP contribution in [-0.2, 0) is 6.42 Å². The summed E-state index contributed by atoms with van der Waals surface area (Å²) in [5, 5.41) is 0.679. The van der Waals surface area contributed by atoms with Gasteiger partial charge in [0.05, 0.1) is 5.52 Å². The Morgan fingerprint density at radius 1 is 1.11 bits per heavy atom. The van der Waals surface area contributed by atoms with Gasteiger partial charge in [0.1, 0.15) is 11.6 Å². The highest BCUT2D eigenvalue weighted by Gasteiger charge is 2.18. The van der Waals surface area contributed by atoms with Crippen molar-refractivity contribution in [3.05, 3.63) is 35.0 Å². The van der Waals surface area contributed by atoms with E-state index in [0.29, 0.717) is 16.8 Å². The lowest BCUT2D eigenvalue weighted by molar-refractivity contribution is 0.590. The fraction of sp³-hybridized carbons (Fsp3) is 0.467. The molecule has 0 spiro atoms. The van der Waals surface area contributed by atoms with E-state index in [9.17, 15) is 8.78 Å². The van der Waals surface area contributed by atoms with Gasteiger partial charge < -0.3 is 4.98 Å². The van der Waals surface area contributed by atoms with Crippen LogP contribution in [0.5, 0.6) is 0 Å². The molecule has 1 aromatic carbocycles. The van der Waals surface area contributed by atoms with E-state index < -0.39 is 11.6 Å². The van der Waals surface area contributed by atoms with Crippen molar-refractivity contribution < 1.29 is 8.78 Å². The summed E-state index contributed by atoms with van der Waals surface area (Å²) in [7, 11) is 0. The average molecular weight is 251 g/mol. The summed E-state index contributed by atoms with van der Waals surface area (Å²) in [6.45, 7) is 8.34. The fourth-order valence-electron chi connectivity index (χ4n) is 2.52. The van der Waals surface area contributed by atoms with Crippen LogP contribution in [0.4, 0.5) is 8.78 Å². The molecule has 3 heteroatoms. The second-order valence-electron chi connectivity index (χ2n) is 5.58. The highest BCUT2D eigenvalue weighted by molar-refractivity contribution is 5.85. The third-order valence-corrected chi connectivity index (χ3v) is 3.14. The van der Waals surface area contributed by atoms with Crippen LogP contribution in [0.25, 0.3) is 10.9 Å². The number of fused-ring (bicyclic) bond motifs is 1. The minimum atomic E-state index is -0.517. The van der Waals surface area contributed by atoms with E-state index in [0.717, 1.165) is 23.7 Å². The Morgan fingerprint density at radius 3 is 2.33 bits per heavy atom. The minimum Gasteiger partial charge on any atom is -0.356 e. The molecule has 0 fully saturated rings. The molecule has 18 heavy (non-hydrogen) atoms.